The highest BCUT2D eigenvalue weighted by atomic mass is 16.5. The van der Waals surface area contributed by atoms with E-state index in [0.717, 1.165) is 28.2 Å². The van der Waals surface area contributed by atoms with Crippen molar-refractivity contribution in [1.82, 2.24) is 0 Å². The maximum absolute atomic E-state index is 10.6. The van der Waals surface area contributed by atoms with E-state index in [9.17, 15) is 5.11 Å². The number of aliphatic hydroxyl groups excluding tert-OH is 1. The molecular formula is C25H30NO3+. The molecule has 4 heteroatoms. The lowest BCUT2D eigenvalue weighted by Crippen LogP contribution is -2.89. The standard InChI is InChI=1S/C25H29NO3/c1-3-28-23-16-10-15-22(25(23)29-18-20-11-6-4-7-12-20)17-26-19(2)24(27)21-13-8-5-9-14-21/h4-16,19,24,26-27H,3,17-18H2,1-2H3/p+1/t19-,24+/m1/s1. The third-order valence-electron chi connectivity index (χ3n) is 4.93. The minimum atomic E-state index is -0.528. The molecule has 0 bridgehead atoms. The quantitative estimate of drug-likeness (QED) is 0.551. The van der Waals surface area contributed by atoms with Crippen LogP contribution >= 0.6 is 0 Å². The van der Waals surface area contributed by atoms with E-state index in [1.165, 1.54) is 0 Å². The molecule has 0 saturated heterocycles. The molecule has 3 N–H and O–H groups in total. The molecule has 0 aliphatic carbocycles. The van der Waals surface area contributed by atoms with Crippen LogP contribution in [0.25, 0.3) is 0 Å². The number of aliphatic hydroxyl groups is 1. The van der Waals surface area contributed by atoms with Crippen LogP contribution < -0.4 is 14.8 Å². The van der Waals surface area contributed by atoms with E-state index in [4.69, 9.17) is 9.47 Å². The molecule has 0 aliphatic heterocycles. The normalized spacial score (nSPS) is 12.9. The van der Waals surface area contributed by atoms with E-state index in [-0.39, 0.29) is 6.04 Å². The van der Waals surface area contributed by atoms with E-state index in [1.54, 1.807) is 0 Å². The summed E-state index contributed by atoms with van der Waals surface area (Å²) in [5.74, 6) is 1.53. The molecule has 152 valence electrons. The second-order valence-electron chi connectivity index (χ2n) is 7.11. The molecule has 4 nitrogen and oxygen atoms in total. The zero-order valence-corrected chi connectivity index (χ0v) is 17.1. The van der Waals surface area contributed by atoms with Crippen molar-refractivity contribution < 1.29 is 19.9 Å². The lowest BCUT2D eigenvalue weighted by Gasteiger charge is -2.20. The number of nitrogens with two attached hydrogens (primary N) is 1. The van der Waals surface area contributed by atoms with Crippen molar-refractivity contribution in [3.05, 3.63) is 95.6 Å². The molecule has 0 amide bonds. The Morgan fingerprint density at radius 1 is 0.862 bits per heavy atom. The number of ether oxygens (including phenoxy) is 2. The van der Waals surface area contributed by atoms with Crippen LogP contribution in [0.1, 0.15) is 36.6 Å². The molecule has 0 saturated carbocycles. The summed E-state index contributed by atoms with van der Waals surface area (Å²) in [6, 6.07) is 25.9. The van der Waals surface area contributed by atoms with Gasteiger partial charge in [0.1, 0.15) is 25.3 Å². The molecule has 0 unspecified atom stereocenters. The highest BCUT2D eigenvalue weighted by Crippen LogP contribution is 2.32. The van der Waals surface area contributed by atoms with Gasteiger partial charge in [-0.2, -0.15) is 0 Å². The smallest absolute Gasteiger partial charge is 0.170 e. The molecule has 0 fully saturated rings. The lowest BCUT2D eigenvalue weighted by atomic mass is 10.0. The monoisotopic (exact) mass is 392 g/mol. The first-order valence-electron chi connectivity index (χ1n) is 10.2. The SMILES string of the molecule is CCOc1cccc(C[NH2+][C@H](C)[C@H](O)c2ccccc2)c1OCc1ccccc1. The molecule has 0 heterocycles. The van der Waals surface area contributed by atoms with Gasteiger partial charge in [0.2, 0.25) is 0 Å². The Kier molecular flexibility index (Phi) is 7.68. The van der Waals surface area contributed by atoms with Crippen LogP contribution in [-0.2, 0) is 13.2 Å². The Morgan fingerprint density at radius 3 is 2.24 bits per heavy atom. The number of benzene rings is 3. The summed E-state index contributed by atoms with van der Waals surface area (Å²) >= 11 is 0. The van der Waals surface area contributed by atoms with Gasteiger partial charge in [0, 0.05) is 0 Å². The molecule has 3 aromatic rings. The van der Waals surface area contributed by atoms with E-state index >= 15 is 0 Å². The average Bonchev–Trinajstić information content (AvgIpc) is 2.77. The highest BCUT2D eigenvalue weighted by molar-refractivity contribution is 5.46. The molecular weight excluding hydrogens is 362 g/mol. The van der Waals surface area contributed by atoms with Gasteiger partial charge in [-0.1, -0.05) is 66.7 Å². The third kappa shape index (κ3) is 5.83. The summed E-state index contributed by atoms with van der Waals surface area (Å²) < 4.78 is 12.0. The van der Waals surface area contributed by atoms with Gasteiger partial charge >= 0.3 is 0 Å². The molecule has 0 radical (unpaired) electrons. The van der Waals surface area contributed by atoms with Gasteiger partial charge in [-0.3, -0.25) is 0 Å². The van der Waals surface area contributed by atoms with Gasteiger partial charge in [0.15, 0.2) is 11.5 Å². The van der Waals surface area contributed by atoms with Gasteiger partial charge in [-0.25, -0.2) is 0 Å². The van der Waals surface area contributed by atoms with Crippen LogP contribution in [0.3, 0.4) is 0 Å². The van der Waals surface area contributed by atoms with Crippen LogP contribution in [0.5, 0.6) is 11.5 Å². The first kappa shape index (κ1) is 20.9. The number of hydrogen-bond donors (Lipinski definition) is 2. The molecule has 3 rings (SSSR count). The van der Waals surface area contributed by atoms with Crippen molar-refractivity contribution in [2.75, 3.05) is 6.61 Å². The van der Waals surface area contributed by atoms with Crippen molar-refractivity contribution in [3.8, 4) is 11.5 Å². The minimum absolute atomic E-state index is 0.00937. The average molecular weight is 393 g/mol. The van der Waals surface area contributed by atoms with Crippen LogP contribution in [0, 0.1) is 0 Å². The van der Waals surface area contributed by atoms with Crippen molar-refractivity contribution in [3.63, 3.8) is 0 Å². The summed E-state index contributed by atoms with van der Waals surface area (Å²) in [6.45, 7) is 5.76. The van der Waals surface area contributed by atoms with Gasteiger partial charge in [-0.05, 0) is 37.1 Å². The Bertz CT molecular complexity index is 868. The largest absolute Gasteiger partial charge is 0.490 e. The predicted octanol–water partition coefficient (Wildman–Crippen LogP) is 3.85. The van der Waals surface area contributed by atoms with E-state index in [2.05, 4.69) is 11.4 Å². The molecule has 0 aliphatic rings. The van der Waals surface area contributed by atoms with E-state index < -0.39 is 6.10 Å². The second kappa shape index (κ2) is 10.6. The van der Waals surface area contributed by atoms with Crippen molar-refractivity contribution >= 4 is 0 Å². The van der Waals surface area contributed by atoms with E-state index in [1.807, 2.05) is 86.6 Å². The Morgan fingerprint density at radius 2 is 1.55 bits per heavy atom. The van der Waals surface area contributed by atoms with Crippen LogP contribution in [0.2, 0.25) is 0 Å². The van der Waals surface area contributed by atoms with Crippen molar-refractivity contribution in [2.45, 2.75) is 39.1 Å². The zero-order valence-electron chi connectivity index (χ0n) is 17.1. The molecule has 2 atom stereocenters. The van der Waals surface area contributed by atoms with E-state index in [0.29, 0.717) is 19.8 Å². The Hall–Kier alpha value is -2.82. The molecule has 29 heavy (non-hydrogen) atoms. The van der Waals surface area contributed by atoms with Crippen LogP contribution in [0.4, 0.5) is 0 Å². The molecule has 0 aromatic heterocycles. The fourth-order valence-corrected chi connectivity index (χ4v) is 3.28. The predicted molar refractivity (Wildman–Crippen MR) is 115 cm³/mol. The first-order chi connectivity index (χ1) is 14.2. The summed E-state index contributed by atoms with van der Waals surface area (Å²) in [6.07, 6.45) is -0.528. The van der Waals surface area contributed by atoms with Crippen molar-refractivity contribution in [1.29, 1.82) is 0 Å². The number of rotatable bonds is 10. The first-order valence-corrected chi connectivity index (χ1v) is 10.2. The summed E-state index contributed by atoms with van der Waals surface area (Å²) in [5.41, 5.74) is 3.10. The van der Waals surface area contributed by atoms with Crippen molar-refractivity contribution in [2.24, 2.45) is 0 Å². The minimum Gasteiger partial charge on any atom is -0.490 e. The van der Waals surface area contributed by atoms with Gasteiger partial charge in [0.25, 0.3) is 0 Å². The zero-order chi connectivity index (χ0) is 20.5. The second-order valence-corrected chi connectivity index (χ2v) is 7.11. The van der Waals surface area contributed by atoms with Gasteiger partial charge in [-0.15, -0.1) is 0 Å². The Balaban J connectivity index is 1.71. The van der Waals surface area contributed by atoms with Crippen LogP contribution in [0.15, 0.2) is 78.9 Å². The van der Waals surface area contributed by atoms with Crippen LogP contribution in [-0.4, -0.2) is 17.8 Å². The maximum atomic E-state index is 10.6. The topological polar surface area (TPSA) is 55.3 Å². The fourth-order valence-electron chi connectivity index (χ4n) is 3.28. The number of hydrogen-bond acceptors (Lipinski definition) is 3. The third-order valence-corrected chi connectivity index (χ3v) is 4.93. The van der Waals surface area contributed by atoms with Gasteiger partial charge in [0.05, 0.1) is 12.2 Å². The number of quaternary nitrogens is 1. The molecule has 3 aromatic carbocycles. The number of para-hydroxylation sites is 1. The lowest BCUT2D eigenvalue weighted by molar-refractivity contribution is -0.709. The summed E-state index contributed by atoms with van der Waals surface area (Å²) in [4.78, 5) is 0. The van der Waals surface area contributed by atoms with Gasteiger partial charge < -0.3 is 19.9 Å². The summed E-state index contributed by atoms with van der Waals surface area (Å²) in [7, 11) is 0. The molecule has 0 spiro atoms. The Labute approximate surface area is 173 Å². The summed E-state index contributed by atoms with van der Waals surface area (Å²) in [5, 5.41) is 12.8. The fraction of sp³-hybridized carbons (Fsp3) is 0.280. The highest BCUT2D eigenvalue weighted by Gasteiger charge is 2.20. The maximum Gasteiger partial charge on any atom is 0.170 e.